The van der Waals surface area contributed by atoms with E-state index in [2.05, 4.69) is 5.32 Å². The third-order valence-electron chi connectivity index (χ3n) is 3.94. The van der Waals surface area contributed by atoms with Gasteiger partial charge in [0, 0.05) is 26.2 Å². The Morgan fingerprint density at radius 3 is 2.48 bits per heavy atom. The van der Waals surface area contributed by atoms with Gasteiger partial charge in [0.15, 0.2) is 6.61 Å². The molecule has 0 radical (unpaired) electrons. The molecule has 0 heterocycles. The molecule has 0 saturated carbocycles. The third kappa shape index (κ3) is 5.69. The fraction of sp³-hybridized carbons (Fsp3) is 0.263. The number of nitrogens with zero attached hydrogens (tertiary/aromatic N) is 1. The standard InChI is InChI=1S/C19H21ClN2O6S/c1-22(2)29(25,26)14-8-9-16(20)15(10-14)19(24)28-12-18(23)21-11-13-6-4-5-7-17(13)27-3/h4-10H,11-12H2,1-3H3,(H,21,23). The predicted octanol–water partition coefficient (Wildman–Crippen LogP) is 2.07. The number of carbonyl (C=O) groups excluding carboxylic acids is 2. The van der Waals surface area contributed by atoms with Crippen molar-refractivity contribution in [2.24, 2.45) is 0 Å². The van der Waals surface area contributed by atoms with Gasteiger partial charge in [0.2, 0.25) is 10.0 Å². The van der Waals surface area contributed by atoms with Gasteiger partial charge in [-0.05, 0) is 24.3 Å². The number of hydrogen-bond donors (Lipinski definition) is 1. The van der Waals surface area contributed by atoms with Crippen LogP contribution in [0.25, 0.3) is 0 Å². The minimum atomic E-state index is -3.75. The van der Waals surface area contributed by atoms with Crippen LogP contribution in [0.4, 0.5) is 0 Å². The number of para-hydroxylation sites is 1. The van der Waals surface area contributed by atoms with E-state index in [0.717, 1.165) is 15.9 Å². The SMILES string of the molecule is COc1ccccc1CNC(=O)COC(=O)c1cc(S(=O)(=O)N(C)C)ccc1Cl. The van der Waals surface area contributed by atoms with Crippen molar-refractivity contribution in [1.82, 2.24) is 9.62 Å². The highest BCUT2D eigenvalue weighted by Crippen LogP contribution is 2.23. The van der Waals surface area contributed by atoms with Crippen LogP contribution in [0.1, 0.15) is 15.9 Å². The Kier molecular flexibility index (Phi) is 7.60. The highest BCUT2D eigenvalue weighted by atomic mass is 35.5. The first-order valence-corrected chi connectivity index (χ1v) is 10.3. The van der Waals surface area contributed by atoms with Crippen molar-refractivity contribution in [3.05, 3.63) is 58.6 Å². The van der Waals surface area contributed by atoms with Crippen LogP contribution < -0.4 is 10.1 Å². The van der Waals surface area contributed by atoms with Crippen LogP contribution in [0, 0.1) is 0 Å². The van der Waals surface area contributed by atoms with Crippen molar-refractivity contribution in [1.29, 1.82) is 0 Å². The van der Waals surface area contributed by atoms with Gasteiger partial charge in [0.1, 0.15) is 5.75 Å². The van der Waals surface area contributed by atoms with Gasteiger partial charge < -0.3 is 14.8 Å². The summed E-state index contributed by atoms with van der Waals surface area (Å²) >= 11 is 5.99. The number of methoxy groups -OCH3 is 1. The fourth-order valence-corrected chi connectivity index (χ4v) is 3.46. The number of hydrogen-bond acceptors (Lipinski definition) is 6. The van der Waals surface area contributed by atoms with Crippen molar-refractivity contribution in [2.45, 2.75) is 11.4 Å². The molecule has 2 aromatic rings. The molecule has 2 rings (SSSR count). The molecule has 0 saturated heterocycles. The molecule has 1 N–H and O–H groups in total. The van der Waals surface area contributed by atoms with Crippen molar-refractivity contribution >= 4 is 33.5 Å². The molecule has 0 aliphatic rings. The van der Waals surface area contributed by atoms with E-state index in [-0.39, 0.29) is 22.0 Å². The summed E-state index contributed by atoms with van der Waals surface area (Å²) in [5, 5.41) is 2.63. The normalized spacial score (nSPS) is 11.2. The number of ether oxygens (including phenoxy) is 2. The van der Waals surface area contributed by atoms with Crippen LogP contribution >= 0.6 is 11.6 Å². The average Bonchev–Trinajstić information content (AvgIpc) is 2.70. The zero-order valence-corrected chi connectivity index (χ0v) is 17.7. The maximum absolute atomic E-state index is 12.3. The average molecular weight is 441 g/mol. The van der Waals surface area contributed by atoms with Crippen LogP contribution in [0.15, 0.2) is 47.4 Å². The second kappa shape index (κ2) is 9.73. The van der Waals surface area contributed by atoms with Gasteiger partial charge in [-0.2, -0.15) is 0 Å². The zero-order valence-electron chi connectivity index (χ0n) is 16.1. The molecule has 156 valence electrons. The number of halogens is 1. The van der Waals surface area contributed by atoms with Crippen molar-refractivity contribution in [3.63, 3.8) is 0 Å². The van der Waals surface area contributed by atoms with E-state index in [4.69, 9.17) is 21.1 Å². The molecule has 8 nitrogen and oxygen atoms in total. The van der Waals surface area contributed by atoms with Crippen molar-refractivity contribution in [3.8, 4) is 5.75 Å². The molecule has 29 heavy (non-hydrogen) atoms. The Morgan fingerprint density at radius 1 is 1.14 bits per heavy atom. The van der Waals surface area contributed by atoms with Crippen LogP contribution in [-0.2, 0) is 26.1 Å². The van der Waals surface area contributed by atoms with Gasteiger partial charge in [-0.25, -0.2) is 17.5 Å². The third-order valence-corrected chi connectivity index (χ3v) is 6.08. The maximum atomic E-state index is 12.3. The largest absolute Gasteiger partial charge is 0.496 e. The molecule has 1 amide bonds. The molecule has 0 aliphatic carbocycles. The van der Waals surface area contributed by atoms with Crippen LogP contribution in [-0.4, -0.2) is 52.4 Å². The summed E-state index contributed by atoms with van der Waals surface area (Å²) in [5.74, 6) is -0.814. The molecule has 2 aromatic carbocycles. The lowest BCUT2D eigenvalue weighted by Crippen LogP contribution is -2.28. The Labute approximate surface area is 174 Å². The van der Waals surface area contributed by atoms with Gasteiger partial charge in [-0.1, -0.05) is 29.8 Å². The first-order chi connectivity index (χ1) is 13.7. The molecule has 0 atom stereocenters. The van der Waals surface area contributed by atoms with Gasteiger partial charge in [-0.3, -0.25) is 4.79 Å². The number of amides is 1. The highest BCUT2D eigenvalue weighted by molar-refractivity contribution is 7.89. The molecular weight excluding hydrogens is 420 g/mol. The summed E-state index contributed by atoms with van der Waals surface area (Å²) in [5.41, 5.74) is 0.617. The van der Waals surface area contributed by atoms with Crippen LogP contribution in [0.2, 0.25) is 5.02 Å². The van der Waals surface area contributed by atoms with Gasteiger partial charge in [-0.15, -0.1) is 0 Å². The quantitative estimate of drug-likeness (QED) is 0.630. The Hall–Kier alpha value is -2.62. The van der Waals surface area contributed by atoms with Crippen LogP contribution in [0.5, 0.6) is 5.75 Å². The van der Waals surface area contributed by atoms with Crippen LogP contribution in [0.3, 0.4) is 0 Å². The van der Waals surface area contributed by atoms with E-state index < -0.39 is 28.5 Å². The monoisotopic (exact) mass is 440 g/mol. The number of carbonyl (C=O) groups is 2. The number of nitrogens with one attached hydrogen (secondary N) is 1. The molecule has 0 bridgehead atoms. The maximum Gasteiger partial charge on any atom is 0.340 e. The molecular formula is C19H21ClN2O6S. The van der Waals surface area contributed by atoms with Gasteiger partial charge in [0.05, 0.1) is 22.6 Å². The molecule has 0 spiro atoms. The molecule has 10 heteroatoms. The van der Waals surface area contributed by atoms with Crippen molar-refractivity contribution in [2.75, 3.05) is 27.8 Å². The molecule has 0 unspecified atom stereocenters. The number of sulfonamides is 1. The number of esters is 1. The summed E-state index contributed by atoms with van der Waals surface area (Å²) in [6.45, 7) is -0.354. The Balaban J connectivity index is 2.01. The first kappa shape index (κ1) is 22.7. The lowest BCUT2D eigenvalue weighted by molar-refractivity contribution is -0.124. The van der Waals surface area contributed by atoms with Gasteiger partial charge in [0.25, 0.3) is 5.91 Å². The summed E-state index contributed by atoms with van der Waals surface area (Å²) in [7, 11) is 0.512. The van der Waals surface area contributed by atoms with E-state index in [9.17, 15) is 18.0 Å². The van der Waals surface area contributed by atoms with Gasteiger partial charge >= 0.3 is 5.97 Å². The topological polar surface area (TPSA) is 102 Å². The number of benzene rings is 2. The molecule has 0 aliphatic heterocycles. The predicted molar refractivity (Wildman–Crippen MR) is 107 cm³/mol. The van der Waals surface area contributed by atoms with Crippen molar-refractivity contribution < 1.29 is 27.5 Å². The first-order valence-electron chi connectivity index (χ1n) is 8.44. The fourth-order valence-electron chi connectivity index (χ4n) is 2.33. The highest BCUT2D eigenvalue weighted by Gasteiger charge is 2.22. The summed E-state index contributed by atoms with van der Waals surface area (Å²) in [4.78, 5) is 24.2. The van der Waals surface area contributed by atoms with E-state index in [1.165, 1.54) is 33.3 Å². The van der Waals surface area contributed by atoms with E-state index in [1.807, 2.05) is 0 Å². The second-order valence-electron chi connectivity index (χ2n) is 6.09. The minimum absolute atomic E-state index is 0.0159. The number of rotatable bonds is 8. The lowest BCUT2D eigenvalue weighted by Gasteiger charge is -2.13. The summed E-state index contributed by atoms with van der Waals surface area (Å²) in [6, 6.07) is 10.9. The summed E-state index contributed by atoms with van der Waals surface area (Å²) < 4.78 is 35.6. The van der Waals surface area contributed by atoms with E-state index in [1.54, 1.807) is 24.3 Å². The minimum Gasteiger partial charge on any atom is -0.496 e. The van der Waals surface area contributed by atoms with E-state index >= 15 is 0 Å². The smallest absolute Gasteiger partial charge is 0.340 e. The summed E-state index contributed by atoms with van der Waals surface area (Å²) in [6.07, 6.45) is 0. The molecule has 0 fully saturated rings. The Bertz CT molecular complexity index is 1010. The lowest BCUT2D eigenvalue weighted by atomic mass is 10.2. The van der Waals surface area contributed by atoms with E-state index in [0.29, 0.717) is 5.75 Å². The zero-order chi connectivity index (χ0) is 21.6. The Morgan fingerprint density at radius 2 is 1.83 bits per heavy atom. The second-order valence-corrected chi connectivity index (χ2v) is 8.65. The molecule has 0 aromatic heterocycles.